The van der Waals surface area contributed by atoms with Gasteiger partial charge in [0.25, 0.3) is 0 Å². The van der Waals surface area contributed by atoms with Crippen LogP contribution in [0.5, 0.6) is 11.5 Å². The number of halogens is 2. The van der Waals surface area contributed by atoms with Crippen LogP contribution in [0.1, 0.15) is 17.2 Å². The Morgan fingerprint density at radius 3 is 2.52 bits per heavy atom. The average molecular weight is 355 g/mol. The van der Waals surface area contributed by atoms with Gasteiger partial charge in [-0.15, -0.1) is 0 Å². The van der Waals surface area contributed by atoms with E-state index in [9.17, 15) is 9.50 Å². The topological polar surface area (TPSA) is 38.7 Å². The minimum atomic E-state index is -0.781. The largest absolute Gasteiger partial charge is 0.497 e. The Bertz CT molecular complexity index is 631. The number of methoxy groups -OCH3 is 2. The van der Waals surface area contributed by atoms with Crippen LogP contribution in [0.25, 0.3) is 0 Å². The smallest absolute Gasteiger partial charge is 0.124 e. The first-order chi connectivity index (χ1) is 10.0. The SMILES string of the molecule is COc1ccc(OC)c(C(O)Cc2ccc(F)cc2Br)c1. The molecule has 0 fully saturated rings. The van der Waals surface area contributed by atoms with Gasteiger partial charge in [0.2, 0.25) is 0 Å². The van der Waals surface area contributed by atoms with Crippen molar-refractivity contribution < 1.29 is 19.0 Å². The molecule has 21 heavy (non-hydrogen) atoms. The number of aliphatic hydroxyl groups is 1. The van der Waals surface area contributed by atoms with Crippen molar-refractivity contribution in [2.75, 3.05) is 14.2 Å². The molecular weight excluding hydrogens is 339 g/mol. The number of benzene rings is 2. The molecule has 3 nitrogen and oxygen atoms in total. The summed E-state index contributed by atoms with van der Waals surface area (Å²) in [6.07, 6.45) is -0.443. The number of hydrogen-bond acceptors (Lipinski definition) is 3. The highest BCUT2D eigenvalue weighted by atomic mass is 79.9. The molecule has 0 aliphatic rings. The second kappa shape index (κ2) is 6.91. The highest BCUT2D eigenvalue weighted by Gasteiger charge is 2.16. The minimum Gasteiger partial charge on any atom is -0.497 e. The summed E-state index contributed by atoms with van der Waals surface area (Å²) in [6, 6.07) is 9.65. The molecule has 1 atom stereocenters. The molecule has 0 aliphatic heterocycles. The molecule has 0 saturated heterocycles. The standard InChI is InChI=1S/C16H16BrFO3/c1-20-12-5-6-16(21-2)13(9-12)15(19)7-10-3-4-11(18)8-14(10)17/h3-6,8-9,15,19H,7H2,1-2H3. The van der Waals surface area contributed by atoms with Crippen LogP contribution >= 0.6 is 15.9 Å². The van der Waals surface area contributed by atoms with Crippen molar-refractivity contribution in [1.29, 1.82) is 0 Å². The lowest BCUT2D eigenvalue weighted by Gasteiger charge is -2.16. The van der Waals surface area contributed by atoms with Crippen LogP contribution in [0.4, 0.5) is 4.39 Å². The first kappa shape index (κ1) is 15.8. The van der Waals surface area contributed by atoms with Crippen molar-refractivity contribution in [3.8, 4) is 11.5 Å². The predicted molar refractivity (Wildman–Crippen MR) is 82.3 cm³/mol. The Labute approximate surface area is 131 Å². The van der Waals surface area contributed by atoms with Crippen LogP contribution < -0.4 is 9.47 Å². The molecular formula is C16H16BrFO3. The molecule has 5 heteroatoms. The number of hydrogen-bond donors (Lipinski definition) is 1. The Hall–Kier alpha value is -1.59. The van der Waals surface area contributed by atoms with Gasteiger partial charge in [-0.25, -0.2) is 4.39 Å². The molecule has 0 aliphatic carbocycles. The molecule has 0 radical (unpaired) electrons. The van der Waals surface area contributed by atoms with Gasteiger partial charge < -0.3 is 14.6 Å². The third kappa shape index (κ3) is 3.74. The fraction of sp³-hybridized carbons (Fsp3) is 0.250. The monoisotopic (exact) mass is 354 g/mol. The van der Waals surface area contributed by atoms with Crippen LogP contribution in [0, 0.1) is 5.82 Å². The molecule has 0 aromatic heterocycles. The normalized spacial score (nSPS) is 12.0. The van der Waals surface area contributed by atoms with E-state index in [4.69, 9.17) is 9.47 Å². The summed E-state index contributed by atoms with van der Waals surface area (Å²) in [6.45, 7) is 0. The van der Waals surface area contributed by atoms with E-state index in [-0.39, 0.29) is 5.82 Å². The van der Waals surface area contributed by atoms with Gasteiger partial charge in [-0.1, -0.05) is 22.0 Å². The van der Waals surface area contributed by atoms with E-state index in [1.54, 1.807) is 38.5 Å². The van der Waals surface area contributed by atoms with Crippen molar-refractivity contribution in [1.82, 2.24) is 0 Å². The predicted octanol–water partition coefficient (Wildman–Crippen LogP) is 3.88. The zero-order valence-electron chi connectivity index (χ0n) is 11.8. The van der Waals surface area contributed by atoms with E-state index in [0.29, 0.717) is 28.0 Å². The molecule has 1 unspecified atom stereocenters. The molecule has 0 saturated carbocycles. The third-order valence-corrected chi connectivity index (χ3v) is 3.96. The summed E-state index contributed by atoms with van der Waals surface area (Å²) in [5.41, 5.74) is 1.45. The summed E-state index contributed by atoms with van der Waals surface area (Å²) in [4.78, 5) is 0. The Kier molecular flexibility index (Phi) is 5.20. The summed E-state index contributed by atoms with van der Waals surface area (Å²) in [5, 5.41) is 10.4. The van der Waals surface area contributed by atoms with E-state index >= 15 is 0 Å². The third-order valence-electron chi connectivity index (χ3n) is 3.22. The molecule has 0 amide bonds. The fourth-order valence-corrected chi connectivity index (χ4v) is 2.62. The molecule has 0 spiro atoms. The summed E-state index contributed by atoms with van der Waals surface area (Å²) >= 11 is 3.30. The fourth-order valence-electron chi connectivity index (χ4n) is 2.11. The first-order valence-electron chi connectivity index (χ1n) is 6.39. The first-order valence-corrected chi connectivity index (χ1v) is 7.18. The van der Waals surface area contributed by atoms with Gasteiger partial charge in [0.05, 0.1) is 20.3 Å². The molecule has 2 aromatic rings. The van der Waals surface area contributed by atoms with Gasteiger partial charge >= 0.3 is 0 Å². The summed E-state index contributed by atoms with van der Waals surface area (Å²) < 4.78 is 24.2. The maximum atomic E-state index is 13.1. The Balaban J connectivity index is 2.28. The van der Waals surface area contributed by atoms with Crippen molar-refractivity contribution >= 4 is 15.9 Å². The molecule has 0 heterocycles. The van der Waals surface area contributed by atoms with Crippen LogP contribution in [0.3, 0.4) is 0 Å². The van der Waals surface area contributed by atoms with Crippen molar-refractivity contribution in [2.24, 2.45) is 0 Å². The van der Waals surface area contributed by atoms with Gasteiger partial charge in [-0.3, -0.25) is 0 Å². The van der Waals surface area contributed by atoms with Gasteiger partial charge in [-0.2, -0.15) is 0 Å². The maximum Gasteiger partial charge on any atom is 0.124 e. The lowest BCUT2D eigenvalue weighted by molar-refractivity contribution is 0.173. The Morgan fingerprint density at radius 1 is 1.14 bits per heavy atom. The van der Waals surface area contributed by atoms with Gasteiger partial charge in [0.15, 0.2) is 0 Å². The van der Waals surface area contributed by atoms with Crippen molar-refractivity contribution in [2.45, 2.75) is 12.5 Å². The van der Waals surface area contributed by atoms with Crippen molar-refractivity contribution in [3.05, 3.63) is 57.8 Å². The van der Waals surface area contributed by atoms with E-state index in [1.807, 2.05) is 0 Å². The lowest BCUT2D eigenvalue weighted by Crippen LogP contribution is -2.05. The second-order valence-corrected chi connectivity index (χ2v) is 5.42. The van der Waals surface area contributed by atoms with Crippen LogP contribution in [0.15, 0.2) is 40.9 Å². The molecule has 2 aromatic carbocycles. The van der Waals surface area contributed by atoms with Gasteiger partial charge in [0.1, 0.15) is 17.3 Å². The van der Waals surface area contributed by atoms with Crippen LogP contribution in [-0.2, 0) is 6.42 Å². The highest BCUT2D eigenvalue weighted by molar-refractivity contribution is 9.10. The van der Waals surface area contributed by atoms with E-state index in [1.165, 1.54) is 12.1 Å². The summed E-state index contributed by atoms with van der Waals surface area (Å²) in [7, 11) is 3.11. The van der Waals surface area contributed by atoms with Crippen LogP contribution in [-0.4, -0.2) is 19.3 Å². The molecule has 2 rings (SSSR count). The van der Waals surface area contributed by atoms with Crippen LogP contribution in [0.2, 0.25) is 0 Å². The molecule has 1 N–H and O–H groups in total. The quantitative estimate of drug-likeness (QED) is 0.885. The summed E-state index contributed by atoms with van der Waals surface area (Å²) in [5.74, 6) is 0.906. The molecule has 0 bridgehead atoms. The van der Waals surface area contributed by atoms with Crippen molar-refractivity contribution in [3.63, 3.8) is 0 Å². The minimum absolute atomic E-state index is 0.320. The number of rotatable bonds is 5. The van der Waals surface area contributed by atoms with E-state index < -0.39 is 6.10 Å². The average Bonchev–Trinajstić information content (AvgIpc) is 2.49. The lowest BCUT2D eigenvalue weighted by atomic mass is 10.0. The zero-order chi connectivity index (χ0) is 15.4. The second-order valence-electron chi connectivity index (χ2n) is 4.56. The number of aliphatic hydroxyl groups excluding tert-OH is 1. The van der Waals surface area contributed by atoms with E-state index in [0.717, 1.165) is 5.56 Å². The highest BCUT2D eigenvalue weighted by Crippen LogP contribution is 2.32. The van der Waals surface area contributed by atoms with Gasteiger partial charge in [-0.05, 0) is 35.9 Å². The van der Waals surface area contributed by atoms with E-state index in [2.05, 4.69) is 15.9 Å². The molecule has 112 valence electrons. The van der Waals surface area contributed by atoms with Gasteiger partial charge in [0, 0.05) is 16.5 Å². The zero-order valence-corrected chi connectivity index (χ0v) is 13.4. The number of ether oxygens (including phenoxy) is 2. The Morgan fingerprint density at radius 2 is 1.90 bits per heavy atom. The maximum absolute atomic E-state index is 13.1.